The maximum absolute atomic E-state index is 6.54. The van der Waals surface area contributed by atoms with Crippen LogP contribution in [0.1, 0.15) is 11.1 Å². The summed E-state index contributed by atoms with van der Waals surface area (Å²) in [5.74, 6) is 0. The van der Waals surface area contributed by atoms with E-state index in [1.165, 1.54) is 11.1 Å². The lowest BCUT2D eigenvalue weighted by Gasteiger charge is -2.16. The molecule has 0 bridgehead atoms. The van der Waals surface area contributed by atoms with Gasteiger partial charge in [0.25, 0.3) is 0 Å². The van der Waals surface area contributed by atoms with E-state index in [1.54, 1.807) is 0 Å². The molecule has 0 aliphatic rings. The van der Waals surface area contributed by atoms with Crippen molar-refractivity contribution >= 4 is 27.0 Å². The minimum atomic E-state index is 0.765. The lowest BCUT2D eigenvalue weighted by Crippen LogP contribution is -2.08. The highest BCUT2D eigenvalue weighted by Gasteiger charge is 2.14. The van der Waals surface area contributed by atoms with Gasteiger partial charge in [-0.1, -0.05) is 82.5 Å². The van der Waals surface area contributed by atoms with Crippen molar-refractivity contribution in [3.8, 4) is 22.3 Å². The number of rotatable bonds is 2. The van der Waals surface area contributed by atoms with Gasteiger partial charge in [-0.25, -0.2) is 0 Å². The molecule has 0 saturated carbocycles. The Morgan fingerprint density at radius 1 is 0.636 bits per heavy atom. The smallest absolute Gasteiger partial charge is 0.0720 e. The zero-order valence-electron chi connectivity index (χ0n) is 12.7. The van der Waals surface area contributed by atoms with Crippen LogP contribution >= 0.6 is 11.6 Å². The van der Waals surface area contributed by atoms with Gasteiger partial charge in [-0.2, -0.15) is 0 Å². The minimum absolute atomic E-state index is 0.765. The molecule has 0 unspecified atom stereocenters. The van der Waals surface area contributed by atoms with Crippen LogP contribution in [0.2, 0.25) is 5.02 Å². The molecular weight excluding hydrogens is 304 g/mol. The van der Waals surface area contributed by atoms with Crippen molar-refractivity contribution < 1.29 is 0 Å². The van der Waals surface area contributed by atoms with E-state index in [4.69, 9.17) is 11.6 Å². The third-order valence-electron chi connectivity index (χ3n) is 3.83. The van der Waals surface area contributed by atoms with E-state index in [0.717, 1.165) is 32.5 Å². The van der Waals surface area contributed by atoms with Crippen LogP contribution in [0.15, 0.2) is 60.7 Å². The molecule has 2 heteroatoms. The number of halogens is 1. The van der Waals surface area contributed by atoms with Crippen molar-refractivity contribution in [3.63, 3.8) is 0 Å². The summed E-state index contributed by atoms with van der Waals surface area (Å²) < 4.78 is 0. The number of benzene rings is 3. The largest absolute Gasteiger partial charge is 0.0836 e. The zero-order chi connectivity index (χ0) is 15.7. The lowest BCUT2D eigenvalue weighted by molar-refractivity contribution is 1.46. The van der Waals surface area contributed by atoms with Gasteiger partial charge in [0.05, 0.1) is 10.2 Å². The summed E-state index contributed by atoms with van der Waals surface area (Å²) in [4.78, 5) is 0. The van der Waals surface area contributed by atoms with Crippen molar-refractivity contribution in [2.75, 3.05) is 0 Å². The molecule has 0 N–H and O–H groups in total. The number of hydrogen-bond acceptors (Lipinski definition) is 0. The van der Waals surface area contributed by atoms with Crippen molar-refractivity contribution in [3.05, 3.63) is 76.8 Å². The molecular formula is C20H16ClSi. The monoisotopic (exact) mass is 319 g/mol. The van der Waals surface area contributed by atoms with Crippen molar-refractivity contribution in [1.29, 1.82) is 0 Å². The molecule has 0 fully saturated rings. The van der Waals surface area contributed by atoms with E-state index in [1.807, 2.05) is 12.1 Å². The summed E-state index contributed by atoms with van der Waals surface area (Å²) in [5, 5.41) is 1.81. The molecule has 0 aliphatic heterocycles. The van der Waals surface area contributed by atoms with E-state index in [2.05, 4.69) is 72.6 Å². The molecule has 0 spiro atoms. The van der Waals surface area contributed by atoms with Gasteiger partial charge in [-0.05, 0) is 36.6 Å². The molecule has 0 atom stereocenters. The molecule has 107 valence electrons. The van der Waals surface area contributed by atoms with Gasteiger partial charge in [0.15, 0.2) is 0 Å². The second-order valence-corrected chi connectivity index (χ2v) is 6.52. The fourth-order valence-corrected chi connectivity index (χ4v) is 3.22. The molecule has 3 rings (SSSR count). The second kappa shape index (κ2) is 6.11. The topological polar surface area (TPSA) is 0 Å². The molecule has 0 amide bonds. The molecule has 0 aliphatic carbocycles. The Morgan fingerprint density at radius 3 is 1.59 bits per heavy atom. The van der Waals surface area contributed by atoms with Gasteiger partial charge in [0.2, 0.25) is 0 Å². The summed E-state index contributed by atoms with van der Waals surface area (Å²) in [6, 6.07) is 21.0. The highest BCUT2D eigenvalue weighted by molar-refractivity contribution is 6.40. The van der Waals surface area contributed by atoms with E-state index >= 15 is 0 Å². The summed E-state index contributed by atoms with van der Waals surface area (Å²) in [5.41, 5.74) is 6.98. The molecule has 3 aromatic rings. The maximum Gasteiger partial charge on any atom is 0.0720 e. The van der Waals surface area contributed by atoms with Crippen LogP contribution in [-0.4, -0.2) is 10.2 Å². The quantitative estimate of drug-likeness (QED) is 0.577. The van der Waals surface area contributed by atoms with Crippen molar-refractivity contribution in [2.45, 2.75) is 13.8 Å². The first-order valence-corrected chi connectivity index (χ1v) is 8.12. The molecule has 0 saturated heterocycles. The Kier molecular flexibility index (Phi) is 4.19. The Morgan fingerprint density at radius 2 is 1.09 bits per heavy atom. The molecule has 0 heterocycles. The lowest BCUT2D eigenvalue weighted by atomic mass is 9.93. The Balaban J connectivity index is 2.27. The van der Waals surface area contributed by atoms with Gasteiger partial charge in [-0.3, -0.25) is 0 Å². The Bertz CT molecular complexity index is 732. The average molecular weight is 320 g/mol. The highest BCUT2D eigenvalue weighted by atomic mass is 35.5. The molecule has 3 radical (unpaired) electrons. The fourth-order valence-electron chi connectivity index (χ4n) is 2.60. The van der Waals surface area contributed by atoms with Crippen molar-refractivity contribution in [2.24, 2.45) is 0 Å². The molecule has 3 aromatic carbocycles. The van der Waals surface area contributed by atoms with E-state index in [0.29, 0.717) is 0 Å². The number of hydrogen-bond donors (Lipinski definition) is 0. The van der Waals surface area contributed by atoms with Gasteiger partial charge in [0.1, 0.15) is 0 Å². The van der Waals surface area contributed by atoms with Gasteiger partial charge in [0, 0.05) is 10.6 Å². The molecule has 0 aromatic heterocycles. The maximum atomic E-state index is 6.54. The van der Waals surface area contributed by atoms with E-state index in [-0.39, 0.29) is 0 Å². The van der Waals surface area contributed by atoms with Crippen LogP contribution in [0.25, 0.3) is 22.3 Å². The summed E-state index contributed by atoms with van der Waals surface area (Å²) in [7, 11) is 3.75. The summed E-state index contributed by atoms with van der Waals surface area (Å²) in [6.45, 7) is 4.18. The van der Waals surface area contributed by atoms with Gasteiger partial charge < -0.3 is 0 Å². The first kappa shape index (κ1) is 15.1. The van der Waals surface area contributed by atoms with Crippen LogP contribution in [0, 0.1) is 13.8 Å². The normalized spacial score (nSPS) is 10.7. The zero-order valence-corrected chi connectivity index (χ0v) is 14.4. The van der Waals surface area contributed by atoms with Crippen LogP contribution in [0.5, 0.6) is 0 Å². The standard InChI is InChI=1S/C20H16ClSi/c1-13-3-7-15(8-4-13)19-17(21)11-12-18(22)20(19)16-9-5-14(2)6-10-16/h3-12H,1-2H3. The minimum Gasteiger partial charge on any atom is -0.0836 e. The van der Waals surface area contributed by atoms with Crippen LogP contribution in [0.4, 0.5) is 0 Å². The predicted octanol–water partition coefficient (Wildman–Crippen LogP) is 5.08. The molecule has 0 nitrogen and oxygen atoms in total. The third kappa shape index (κ3) is 2.87. The van der Waals surface area contributed by atoms with Crippen molar-refractivity contribution in [1.82, 2.24) is 0 Å². The fraction of sp³-hybridized carbons (Fsp3) is 0.100. The predicted molar refractivity (Wildman–Crippen MR) is 97.2 cm³/mol. The first-order chi connectivity index (χ1) is 10.6. The summed E-state index contributed by atoms with van der Waals surface area (Å²) in [6.07, 6.45) is 0. The van der Waals surface area contributed by atoms with Crippen LogP contribution in [0.3, 0.4) is 0 Å². The van der Waals surface area contributed by atoms with E-state index < -0.39 is 0 Å². The van der Waals surface area contributed by atoms with Gasteiger partial charge >= 0.3 is 0 Å². The first-order valence-electron chi connectivity index (χ1n) is 7.24. The second-order valence-electron chi connectivity index (χ2n) is 5.58. The molecule has 22 heavy (non-hydrogen) atoms. The SMILES string of the molecule is Cc1ccc(-c2c([Si])ccc(Cl)c2-c2ccc(C)cc2)cc1. The van der Waals surface area contributed by atoms with Gasteiger partial charge in [-0.15, -0.1) is 0 Å². The summed E-state index contributed by atoms with van der Waals surface area (Å²) >= 11 is 6.54. The van der Waals surface area contributed by atoms with Crippen LogP contribution < -0.4 is 5.19 Å². The Labute approximate surface area is 140 Å². The third-order valence-corrected chi connectivity index (χ3v) is 4.57. The van der Waals surface area contributed by atoms with E-state index in [9.17, 15) is 0 Å². The Hall–Kier alpha value is -1.83. The van der Waals surface area contributed by atoms with Crippen LogP contribution in [-0.2, 0) is 0 Å². The number of aryl methyl sites for hydroxylation is 2. The average Bonchev–Trinajstić information content (AvgIpc) is 2.51. The highest BCUT2D eigenvalue weighted by Crippen LogP contribution is 2.36.